The molecule has 1 heterocycles. The predicted octanol–water partition coefficient (Wildman–Crippen LogP) is 4.12. The highest BCUT2D eigenvalue weighted by Crippen LogP contribution is 2.20. The van der Waals surface area contributed by atoms with Gasteiger partial charge in [-0.1, -0.05) is 18.7 Å². The van der Waals surface area contributed by atoms with E-state index in [1.807, 2.05) is 56.5 Å². The van der Waals surface area contributed by atoms with Crippen LogP contribution in [0.2, 0.25) is 0 Å². The molecule has 0 spiro atoms. The van der Waals surface area contributed by atoms with Gasteiger partial charge in [0.2, 0.25) is 0 Å². The molecule has 34 heavy (non-hydrogen) atoms. The summed E-state index contributed by atoms with van der Waals surface area (Å²) >= 11 is 0. The number of anilines is 1. The van der Waals surface area contributed by atoms with Crippen molar-refractivity contribution in [3.63, 3.8) is 0 Å². The third-order valence-corrected chi connectivity index (χ3v) is 5.50. The standard InChI is InChI=1S/C26H31N5O3/c1-17(15-27-25-16-30(5)31(6)19(25)3)28-18(2)22-8-7-9-23(14-22)29-26(33)21-10-12-24(13-11-21)34-20(4)32/h7-15,18,28H,3,16H2,1-2,4-6H3,(H,29,33)/b17-15+,27-25?. The molecule has 2 N–H and O–H groups in total. The SMILES string of the molecule is C=C1C(=N/C=C(\C)NC(C)c2cccc(NC(=O)c3ccc(OC(C)=O)cc3)c2)CN(C)N1C. The van der Waals surface area contributed by atoms with E-state index in [4.69, 9.17) is 4.74 Å². The Kier molecular flexibility index (Phi) is 7.86. The molecule has 1 aliphatic rings. The first kappa shape index (κ1) is 24.7. The van der Waals surface area contributed by atoms with Crippen LogP contribution in [-0.4, -0.2) is 48.2 Å². The van der Waals surface area contributed by atoms with Gasteiger partial charge >= 0.3 is 5.97 Å². The monoisotopic (exact) mass is 461 g/mol. The van der Waals surface area contributed by atoms with Crippen molar-refractivity contribution in [2.24, 2.45) is 4.99 Å². The van der Waals surface area contributed by atoms with E-state index < -0.39 is 5.97 Å². The minimum absolute atomic E-state index is 0.00782. The fourth-order valence-electron chi connectivity index (χ4n) is 3.49. The summed E-state index contributed by atoms with van der Waals surface area (Å²) in [5.41, 5.74) is 4.93. The molecule has 0 radical (unpaired) electrons. The highest BCUT2D eigenvalue weighted by atomic mass is 16.5. The summed E-state index contributed by atoms with van der Waals surface area (Å²) in [6, 6.07) is 14.1. The first-order valence-corrected chi connectivity index (χ1v) is 11.0. The summed E-state index contributed by atoms with van der Waals surface area (Å²) in [6.45, 7) is 10.2. The fourth-order valence-corrected chi connectivity index (χ4v) is 3.49. The van der Waals surface area contributed by atoms with Crippen LogP contribution in [0.3, 0.4) is 0 Å². The van der Waals surface area contributed by atoms with Crippen LogP contribution in [-0.2, 0) is 4.79 Å². The van der Waals surface area contributed by atoms with Gasteiger partial charge in [0.25, 0.3) is 5.91 Å². The number of nitrogens with zero attached hydrogens (tertiary/aromatic N) is 3. The summed E-state index contributed by atoms with van der Waals surface area (Å²) in [6.07, 6.45) is 1.81. The summed E-state index contributed by atoms with van der Waals surface area (Å²) in [7, 11) is 3.96. The molecule has 1 saturated heterocycles. The minimum atomic E-state index is -0.404. The van der Waals surface area contributed by atoms with Gasteiger partial charge in [0, 0.05) is 50.2 Å². The van der Waals surface area contributed by atoms with E-state index in [-0.39, 0.29) is 11.9 Å². The zero-order valence-corrected chi connectivity index (χ0v) is 20.3. The summed E-state index contributed by atoms with van der Waals surface area (Å²) in [5, 5.41) is 10.4. The van der Waals surface area contributed by atoms with Crippen molar-refractivity contribution in [2.75, 3.05) is 26.0 Å². The lowest BCUT2D eigenvalue weighted by Crippen LogP contribution is -2.27. The van der Waals surface area contributed by atoms with E-state index >= 15 is 0 Å². The average molecular weight is 462 g/mol. The third-order valence-electron chi connectivity index (χ3n) is 5.50. The Bertz CT molecular complexity index is 1140. The zero-order chi connectivity index (χ0) is 24.8. The highest BCUT2D eigenvalue weighted by Gasteiger charge is 2.23. The quantitative estimate of drug-likeness (QED) is 0.477. The second-order valence-electron chi connectivity index (χ2n) is 8.24. The molecule has 8 heteroatoms. The molecule has 0 aromatic heterocycles. The Balaban J connectivity index is 1.62. The van der Waals surface area contributed by atoms with Crippen LogP contribution in [0.4, 0.5) is 5.69 Å². The van der Waals surface area contributed by atoms with Gasteiger partial charge in [-0.2, -0.15) is 0 Å². The first-order chi connectivity index (χ1) is 16.1. The van der Waals surface area contributed by atoms with Gasteiger partial charge in [0.05, 0.1) is 18.0 Å². The number of aliphatic imine (C=N–C) groups is 1. The van der Waals surface area contributed by atoms with Crippen LogP contribution < -0.4 is 15.4 Å². The van der Waals surface area contributed by atoms with Crippen LogP contribution in [0.5, 0.6) is 5.75 Å². The van der Waals surface area contributed by atoms with Gasteiger partial charge in [-0.15, -0.1) is 0 Å². The Hall–Kier alpha value is -3.91. The van der Waals surface area contributed by atoms with E-state index in [9.17, 15) is 9.59 Å². The van der Waals surface area contributed by atoms with Gasteiger partial charge in [-0.3, -0.25) is 14.6 Å². The number of rotatable bonds is 7. The smallest absolute Gasteiger partial charge is 0.308 e. The van der Waals surface area contributed by atoms with Crippen molar-refractivity contribution in [3.8, 4) is 5.75 Å². The zero-order valence-electron chi connectivity index (χ0n) is 20.3. The number of carbonyl (C=O) groups is 2. The molecule has 3 rings (SSSR count). The number of hydrazine groups is 1. The molecule has 178 valence electrons. The van der Waals surface area contributed by atoms with Crippen LogP contribution in [0.25, 0.3) is 0 Å². The first-order valence-electron chi connectivity index (χ1n) is 11.0. The second-order valence-corrected chi connectivity index (χ2v) is 8.24. The molecular formula is C26H31N5O3. The van der Waals surface area contributed by atoms with Gasteiger partial charge < -0.3 is 20.4 Å². The molecule has 1 amide bonds. The van der Waals surface area contributed by atoms with Crippen molar-refractivity contribution in [3.05, 3.63) is 83.8 Å². The minimum Gasteiger partial charge on any atom is -0.427 e. The van der Waals surface area contributed by atoms with Crippen LogP contribution in [0.1, 0.15) is 42.7 Å². The van der Waals surface area contributed by atoms with Crippen LogP contribution in [0, 0.1) is 0 Å². The lowest BCUT2D eigenvalue weighted by atomic mass is 10.1. The lowest BCUT2D eigenvalue weighted by molar-refractivity contribution is -0.131. The normalized spacial score (nSPS) is 16.5. The van der Waals surface area contributed by atoms with Crippen molar-refractivity contribution < 1.29 is 14.3 Å². The summed E-state index contributed by atoms with van der Waals surface area (Å²) < 4.78 is 5.00. The van der Waals surface area contributed by atoms with Crippen molar-refractivity contribution in [1.29, 1.82) is 0 Å². The number of hydrogen-bond acceptors (Lipinski definition) is 7. The molecule has 0 bridgehead atoms. The van der Waals surface area contributed by atoms with E-state index in [0.29, 0.717) is 17.0 Å². The van der Waals surface area contributed by atoms with Crippen LogP contribution in [0.15, 0.2) is 77.7 Å². The molecular weight excluding hydrogens is 430 g/mol. The summed E-state index contributed by atoms with van der Waals surface area (Å²) in [4.78, 5) is 28.2. The van der Waals surface area contributed by atoms with E-state index in [2.05, 4.69) is 34.1 Å². The molecule has 1 unspecified atom stereocenters. The fraction of sp³-hybridized carbons (Fsp3) is 0.269. The molecule has 0 aliphatic carbocycles. The molecule has 1 fully saturated rings. The van der Waals surface area contributed by atoms with E-state index in [1.54, 1.807) is 24.3 Å². The number of nitrogens with one attached hydrogen (secondary N) is 2. The molecule has 8 nitrogen and oxygen atoms in total. The highest BCUT2D eigenvalue weighted by molar-refractivity contribution is 6.04. The maximum Gasteiger partial charge on any atom is 0.308 e. The number of ether oxygens (including phenoxy) is 1. The Morgan fingerprint density at radius 1 is 1.15 bits per heavy atom. The molecule has 2 aromatic rings. The number of carbonyl (C=O) groups excluding carboxylic acids is 2. The number of hydrogen-bond donors (Lipinski definition) is 2. The lowest BCUT2D eigenvalue weighted by Gasteiger charge is -2.19. The molecule has 0 saturated carbocycles. The maximum atomic E-state index is 12.6. The summed E-state index contributed by atoms with van der Waals surface area (Å²) in [5.74, 6) is -0.250. The van der Waals surface area contributed by atoms with Crippen molar-refractivity contribution >= 4 is 23.3 Å². The van der Waals surface area contributed by atoms with E-state index in [1.165, 1.54) is 6.92 Å². The topological polar surface area (TPSA) is 86.3 Å². The Labute approximate surface area is 200 Å². The Morgan fingerprint density at radius 2 is 1.85 bits per heavy atom. The average Bonchev–Trinajstić information content (AvgIpc) is 3.04. The van der Waals surface area contributed by atoms with Crippen molar-refractivity contribution in [1.82, 2.24) is 15.3 Å². The molecule has 1 atom stereocenters. The van der Waals surface area contributed by atoms with Crippen molar-refractivity contribution in [2.45, 2.75) is 26.8 Å². The van der Waals surface area contributed by atoms with E-state index in [0.717, 1.165) is 29.2 Å². The molecule has 1 aliphatic heterocycles. The number of allylic oxidation sites excluding steroid dienone is 1. The largest absolute Gasteiger partial charge is 0.427 e. The maximum absolute atomic E-state index is 12.6. The number of esters is 1. The van der Waals surface area contributed by atoms with Gasteiger partial charge in [0.15, 0.2) is 0 Å². The van der Waals surface area contributed by atoms with Gasteiger partial charge in [-0.05, 0) is 55.8 Å². The molecule has 2 aromatic carbocycles. The second kappa shape index (κ2) is 10.8. The number of benzene rings is 2. The predicted molar refractivity (Wildman–Crippen MR) is 134 cm³/mol. The number of amides is 1. The van der Waals surface area contributed by atoms with Gasteiger partial charge in [-0.25, -0.2) is 5.01 Å². The van der Waals surface area contributed by atoms with Crippen LogP contribution >= 0.6 is 0 Å². The van der Waals surface area contributed by atoms with Gasteiger partial charge in [0.1, 0.15) is 5.75 Å². The Morgan fingerprint density at radius 3 is 2.47 bits per heavy atom. The third kappa shape index (κ3) is 6.32.